The fourth-order valence-corrected chi connectivity index (χ4v) is 4.23. The number of morpholine rings is 1. The summed E-state index contributed by atoms with van der Waals surface area (Å²) in [6.45, 7) is 6.26. The van der Waals surface area contributed by atoms with Gasteiger partial charge in [-0.2, -0.15) is 9.97 Å². The average Bonchev–Trinajstić information content (AvgIpc) is 2.84. The van der Waals surface area contributed by atoms with E-state index in [1.54, 1.807) is 18.2 Å². The lowest BCUT2D eigenvalue weighted by atomic mass is 10.1. The van der Waals surface area contributed by atoms with E-state index in [9.17, 15) is 9.18 Å². The second-order valence-corrected chi connectivity index (χ2v) is 8.65. The van der Waals surface area contributed by atoms with E-state index in [4.69, 9.17) is 19.7 Å². The van der Waals surface area contributed by atoms with E-state index in [1.165, 1.54) is 23.9 Å². The Morgan fingerprint density at radius 2 is 1.94 bits per heavy atom. The molecule has 4 rings (SSSR count). The Bertz CT molecular complexity index is 1160. The van der Waals surface area contributed by atoms with Crippen LogP contribution in [0.3, 0.4) is 0 Å². The van der Waals surface area contributed by atoms with Gasteiger partial charge in [0.15, 0.2) is 11.6 Å². The Kier molecular flexibility index (Phi) is 7.59. The van der Waals surface area contributed by atoms with Gasteiger partial charge in [0.2, 0.25) is 5.95 Å². The van der Waals surface area contributed by atoms with Crippen molar-refractivity contribution in [1.29, 1.82) is 0 Å². The number of hydrogen-bond acceptors (Lipinski definition) is 7. The highest BCUT2D eigenvalue weighted by molar-refractivity contribution is 7.98. The van der Waals surface area contributed by atoms with Crippen LogP contribution in [0.2, 0.25) is 0 Å². The number of ether oxygens (including phenoxy) is 1. The number of nitrogens with one attached hydrogen (secondary N) is 2. The molecule has 0 spiro atoms. The van der Waals surface area contributed by atoms with Gasteiger partial charge in [0.25, 0.3) is 0 Å². The molecule has 0 saturated carbocycles. The molecule has 1 saturated heterocycles. The second kappa shape index (κ2) is 10.8. The molecule has 1 unspecified atom stereocenters. The number of carbonyl (C=O) groups is 1. The summed E-state index contributed by atoms with van der Waals surface area (Å²) < 4.78 is 19.7. The summed E-state index contributed by atoms with van der Waals surface area (Å²) >= 11 is 1.51. The molecule has 34 heavy (non-hydrogen) atoms. The van der Waals surface area contributed by atoms with Crippen LogP contribution in [0.25, 0.3) is 22.8 Å². The van der Waals surface area contributed by atoms with Crippen LogP contribution in [0.5, 0.6) is 0 Å². The zero-order valence-electron chi connectivity index (χ0n) is 19.3. The highest BCUT2D eigenvalue weighted by Crippen LogP contribution is 2.31. The van der Waals surface area contributed by atoms with Gasteiger partial charge < -0.3 is 20.3 Å². The molecule has 1 aromatic heterocycles. The SMILES string of the molecule is CCNC(=O)Nc1ccc(-c2nc(-c3cc(F)ccc3SC)nc(N3CCOCC3C)n2)cc1. The second-order valence-electron chi connectivity index (χ2n) is 7.81. The Morgan fingerprint density at radius 3 is 2.65 bits per heavy atom. The Labute approximate surface area is 202 Å². The number of nitrogens with zero attached hydrogens (tertiary/aromatic N) is 4. The Balaban J connectivity index is 1.76. The molecule has 1 aliphatic rings. The molecule has 2 aromatic carbocycles. The van der Waals surface area contributed by atoms with Crippen molar-refractivity contribution in [3.63, 3.8) is 0 Å². The van der Waals surface area contributed by atoms with Crippen LogP contribution in [0, 0.1) is 5.82 Å². The number of carbonyl (C=O) groups excluding carboxylic acids is 1. The van der Waals surface area contributed by atoms with Crippen LogP contribution in [0.4, 0.5) is 20.8 Å². The van der Waals surface area contributed by atoms with Gasteiger partial charge in [-0.25, -0.2) is 14.2 Å². The number of anilines is 2. The summed E-state index contributed by atoms with van der Waals surface area (Å²) in [6.07, 6.45) is 1.93. The lowest BCUT2D eigenvalue weighted by Gasteiger charge is -2.33. The number of rotatable bonds is 6. The van der Waals surface area contributed by atoms with Gasteiger partial charge in [-0.15, -0.1) is 11.8 Å². The highest BCUT2D eigenvalue weighted by atomic mass is 32.2. The average molecular weight is 483 g/mol. The van der Waals surface area contributed by atoms with Crippen molar-refractivity contribution < 1.29 is 13.9 Å². The molecule has 0 radical (unpaired) electrons. The minimum absolute atomic E-state index is 0.0908. The quantitative estimate of drug-likeness (QED) is 0.502. The number of amides is 2. The van der Waals surface area contributed by atoms with Crippen LogP contribution in [0.1, 0.15) is 13.8 Å². The van der Waals surface area contributed by atoms with Crippen molar-refractivity contribution in [3.05, 3.63) is 48.3 Å². The largest absolute Gasteiger partial charge is 0.377 e. The zero-order valence-corrected chi connectivity index (χ0v) is 20.2. The Morgan fingerprint density at radius 1 is 1.18 bits per heavy atom. The van der Waals surface area contributed by atoms with E-state index in [1.807, 2.05) is 25.3 Å². The highest BCUT2D eigenvalue weighted by Gasteiger charge is 2.24. The molecule has 3 aromatic rings. The zero-order chi connectivity index (χ0) is 24.1. The molecular weight excluding hydrogens is 455 g/mol. The molecule has 1 fully saturated rings. The van der Waals surface area contributed by atoms with E-state index in [-0.39, 0.29) is 17.9 Å². The maximum absolute atomic E-state index is 14.2. The first-order valence-corrected chi connectivity index (χ1v) is 12.3. The molecule has 2 N–H and O–H groups in total. The van der Waals surface area contributed by atoms with Crippen molar-refractivity contribution in [1.82, 2.24) is 20.3 Å². The van der Waals surface area contributed by atoms with Gasteiger partial charge in [0.05, 0.1) is 19.3 Å². The summed E-state index contributed by atoms with van der Waals surface area (Å²) in [5.74, 6) is 1.06. The van der Waals surface area contributed by atoms with Gasteiger partial charge in [-0.3, -0.25) is 0 Å². The molecule has 2 heterocycles. The van der Waals surface area contributed by atoms with E-state index in [0.29, 0.717) is 55.2 Å². The standard InChI is InChI=1S/C24H27FN6O2S/c1-4-26-24(32)27-18-8-5-16(6-9-18)21-28-22(19-13-17(25)7-10-20(19)34-3)30-23(29-21)31-11-12-33-14-15(31)2/h5-10,13,15H,4,11-12,14H2,1-3H3,(H2,26,27,32). The third kappa shape index (κ3) is 5.45. The summed E-state index contributed by atoms with van der Waals surface area (Å²) in [4.78, 5) is 29.0. The summed E-state index contributed by atoms with van der Waals surface area (Å²) in [7, 11) is 0. The molecule has 1 aliphatic heterocycles. The van der Waals surface area contributed by atoms with Gasteiger partial charge in [0.1, 0.15) is 5.82 Å². The van der Waals surface area contributed by atoms with Gasteiger partial charge in [0, 0.05) is 34.8 Å². The topological polar surface area (TPSA) is 92.3 Å². The number of aromatic nitrogens is 3. The normalized spacial score (nSPS) is 15.8. The fourth-order valence-electron chi connectivity index (χ4n) is 3.66. The molecule has 178 valence electrons. The van der Waals surface area contributed by atoms with Crippen LogP contribution in [0.15, 0.2) is 47.4 Å². The first-order chi connectivity index (χ1) is 16.5. The molecular formula is C24H27FN6O2S. The van der Waals surface area contributed by atoms with Crippen LogP contribution >= 0.6 is 11.8 Å². The fraction of sp³-hybridized carbons (Fsp3) is 0.333. The molecule has 2 amide bonds. The molecule has 0 aliphatic carbocycles. The number of urea groups is 1. The number of benzene rings is 2. The predicted molar refractivity (Wildman–Crippen MR) is 133 cm³/mol. The van der Waals surface area contributed by atoms with Crippen molar-refractivity contribution in [3.8, 4) is 22.8 Å². The first-order valence-electron chi connectivity index (χ1n) is 11.1. The third-order valence-electron chi connectivity index (χ3n) is 5.39. The summed E-state index contributed by atoms with van der Waals surface area (Å²) in [5.41, 5.74) is 2.03. The minimum atomic E-state index is -0.350. The number of halogens is 1. The Hall–Kier alpha value is -3.24. The summed E-state index contributed by atoms with van der Waals surface area (Å²) in [6, 6.07) is 11.7. The van der Waals surface area contributed by atoms with E-state index >= 15 is 0 Å². The first kappa shape index (κ1) is 23.9. The smallest absolute Gasteiger partial charge is 0.319 e. The molecule has 10 heteroatoms. The molecule has 1 atom stereocenters. The molecule has 0 bridgehead atoms. The summed E-state index contributed by atoms with van der Waals surface area (Å²) in [5, 5.41) is 5.48. The van der Waals surface area contributed by atoms with Gasteiger partial charge >= 0.3 is 6.03 Å². The third-order valence-corrected chi connectivity index (χ3v) is 6.18. The van der Waals surface area contributed by atoms with Crippen molar-refractivity contribution in [2.45, 2.75) is 24.8 Å². The monoisotopic (exact) mass is 482 g/mol. The predicted octanol–water partition coefficient (Wildman–Crippen LogP) is 4.43. The van der Waals surface area contributed by atoms with Crippen LogP contribution < -0.4 is 15.5 Å². The maximum Gasteiger partial charge on any atom is 0.319 e. The maximum atomic E-state index is 14.2. The lowest BCUT2D eigenvalue weighted by Crippen LogP contribution is -2.44. The van der Waals surface area contributed by atoms with Crippen LogP contribution in [-0.2, 0) is 4.74 Å². The van der Waals surface area contributed by atoms with Crippen LogP contribution in [-0.4, -0.2) is 59.6 Å². The number of hydrogen-bond donors (Lipinski definition) is 2. The van der Waals surface area contributed by atoms with Crippen molar-refractivity contribution in [2.75, 3.05) is 42.8 Å². The minimum Gasteiger partial charge on any atom is -0.377 e. The molecule has 8 nitrogen and oxygen atoms in total. The lowest BCUT2D eigenvalue weighted by molar-refractivity contribution is 0.0981. The van der Waals surface area contributed by atoms with E-state index in [0.717, 1.165) is 10.5 Å². The van der Waals surface area contributed by atoms with E-state index < -0.39 is 0 Å². The van der Waals surface area contributed by atoms with Gasteiger partial charge in [-0.1, -0.05) is 0 Å². The van der Waals surface area contributed by atoms with Gasteiger partial charge in [-0.05, 0) is 62.6 Å². The van der Waals surface area contributed by atoms with Crippen molar-refractivity contribution >= 4 is 29.4 Å². The number of thioether (sulfide) groups is 1. The van der Waals surface area contributed by atoms with E-state index in [2.05, 4.69) is 22.5 Å². The van der Waals surface area contributed by atoms with Crippen molar-refractivity contribution in [2.24, 2.45) is 0 Å².